The zero-order chi connectivity index (χ0) is 17.2. The number of fused-ring (bicyclic) bond motifs is 1. The molecule has 3 nitrogen and oxygen atoms in total. The molecule has 0 amide bonds. The minimum atomic E-state index is -0.511. The highest BCUT2D eigenvalue weighted by Crippen LogP contribution is 2.42. The van der Waals surface area contributed by atoms with Crippen LogP contribution >= 0.6 is 0 Å². The Morgan fingerprint density at radius 2 is 1.52 bits per heavy atom. The predicted molar refractivity (Wildman–Crippen MR) is 96.7 cm³/mol. The highest BCUT2D eigenvalue weighted by molar-refractivity contribution is 6.16. The third kappa shape index (κ3) is 2.81. The molecule has 25 heavy (non-hydrogen) atoms. The van der Waals surface area contributed by atoms with E-state index < -0.39 is 6.10 Å². The maximum Gasteiger partial charge on any atom is 0.200 e. The van der Waals surface area contributed by atoms with Crippen LogP contribution in [-0.4, -0.2) is 10.9 Å². The Morgan fingerprint density at radius 3 is 2.24 bits per heavy atom. The average Bonchev–Trinajstić information content (AvgIpc) is 2.65. The van der Waals surface area contributed by atoms with Crippen molar-refractivity contribution in [3.63, 3.8) is 0 Å². The van der Waals surface area contributed by atoms with Crippen molar-refractivity contribution in [3.8, 4) is 11.5 Å². The van der Waals surface area contributed by atoms with Crippen LogP contribution in [0, 0.1) is 0 Å². The lowest BCUT2D eigenvalue weighted by atomic mass is 9.89. The van der Waals surface area contributed by atoms with Crippen LogP contribution in [0.4, 0.5) is 0 Å². The van der Waals surface area contributed by atoms with Gasteiger partial charge in [0, 0.05) is 5.57 Å². The van der Waals surface area contributed by atoms with Gasteiger partial charge >= 0.3 is 0 Å². The number of ketones is 1. The van der Waals surface area contributed by atoms with Gasteiger partial charge in [-0.3, -0.25) is 4.79 Å². The molecule has 0 aromatic heterocycles. The fraction of sp³-hybridized carbons (Fsp3) is 0.0455. The number of rotatable bonds is 2. The van der Waals surface area contributed by atoms with Crippen LogP contribution in [0.5, 0.6) is 11.5 Å². The molecular weight excluding hydrogens is 312 g/mol. The van der Waals surface area contributed by atoms with Gasteiger partial charge in [-0.1, -0.05) is 66.7 Å². The van der Waals surface area contributed by atoms with Crippen LogP contribution in [0.2, 0.25) is 0 Å². The minimum Gasteiger partial charge on any atom is -0.507 e. The van der Waals surface area contributed by atoms with Crippen molar-refractivity contribution in [2.75, 3.05) is 0 Å². The van der Waals surface area contributed by atoms with Crippen LogP contribution in [-0.2, 0) is 0 Å². The molecule has 4 rings (SSSR count). The molecule has 3 heteroatoms. The van der Waals surface area contributed by atoms with Gasteiger partial charge in [0.05, 0.1) is 0 Å². The summed E-state index contributed by atoms with van der Waals surface area (Å²) in [6.45, 7) is 0. The van der Waals surface area contributed by atoms with E-state index in [1.165, 1.54) is 6.07 Å². The first-order valence-electron chi connectivity index (χ1n) is 8.09. The summed E-state index contributed by atoms with van der Waals surface area (Å²) in [5, 5.41) is 10.1. The van der Waals surface area contributed by atoms with Gasteiger partial charge in [0.1, 0.15) is 17.1 Å². The molecule has 1 atom stereocenters. The Labute approximate surface area is 145 Å². The monoisotopic (exact) mass is 328 g/mol. The summed E-state index contributed by atoms with van der Waals surface area (Å²) < 4.78 is 6.10. The SMILES string of the molecule is O=C1/C(=C/c2ccccc2)C(c2ccccc2)Oc2cccc(O)c21. The molecule has 1 heterocycles. The third-order valence-electron chi connectivity index (χ3n) is 4.24. The molecule has 0 bridgehead atoms. The molecule has 0 fully saturated rings. The summed E-state index contributed by atoms with van der Waals surface area (Å²) in [4.78, 5) is 13.1. The van der Waals surface area contributed by atoms with Gasteiger partial charge in [-0.25, -0.2) is 0 Å². The zero-order valence-corrected chi connectivity index (χ0v) is 13.4. The van der Waals surface area contributed by atoms with Gasteiger partial charge in [0.2, 0.25) is 5.78 Å². The molecule has 3 aromatic carbocycles. The fourth-order valence-corrected chi connectivity index (χ4v) is 3.05. The van der Waals surface area contributed by atoms with Crippen LogP contribution in [0.3, 0.4) is 0 Å². The number of benzene rings is 3. The van der Waals surface area contributed by atoms with E-state index in [2.05, 4.69) is 0 Å². The average molecular weight is 328 g/mol. The molecule has 3 aromatic rings. The molecule has 0 saturated heterocycles. The molecule has 1 aliphatic rings. The van der Waals surface area contributed by atoms with E-state index in [-0.39, 0.29) is 17.1 Å². The number of phenols is 1. The van der Waals surface area contributed by atoms with Gasteiger partial charge in [0.25, 0.3) is 0 Å². The summed E-state index contributed by atoms with van der Waals surface area (Å²) in [6.07, 6.45) is 1.32. The Hall–Kier alpha value is -3.33. The summed E-state index contributed by atoms with van der Waals surface area (Å²) in [6, 6.07) is 24.2. The van der Waals surface area contributed by atoms with Crippen molar-refractivity contribution in [2.24, 2.45) is 0 Å². The fourth-order valence-electron chi connectivity index (χ4n) is 3.05. The molecule has 0 aliphatic carbocycles. The van der Waals surface area contributed by atoms with Crippen molar-refractivity contribution < 1.29 is 14.6 Å². The second-order valence-electron chi connectivity index (χ2n) is 5.90. The van der Waals surface area contributed by atoms with Crippen molar-refractivity contribution >= 4 is 11.9 Å². The smallest absolute Gasteiger partial charge is 0.200 e. The van der Waals surface area contributed by atoms with Gasteiger partial charge in [-0.15, -0.1) is 0 Å². The molecule has 1 aliphatic heterocycles. The second-order valence-corrected chi connectivity index (χ2v) is 5.90. The van der Waals surface area contributed by atoms with Crippen LogP contribution < -0.4 is 4.74 Å². The van der Waals surface area contributed by atoms with Crippen molar-refractivity contribution in [1.82, 2.24) is 0 Å². The van der Waals surface area contributed by atoms with E-state index in [1.807, 2.05) is 66.7 Å². The summed E-state index contributed by atoms with van der Waals surface area (Å²) in [7, 11) is 0. The van der Waals surface area contributed by atoms with E-state index >= 15 is 0 Å². The summed E-state index contributed by atoms with van der Waals surface area (Å²) >= 11 is 0. The molecule has 1 unspecified atom stereocenters. The summed E-state index contributed by atoms with van der Waals surface area (Å²) in [5.74, 6) is 0.133. The highest BCUT2D eigenvalue weighted by atomic mass is 16.5. The summed E-state index contributed by atoms with van der Waals surface area (Å²) in [5.41, 5.74) is 2.53. The van der Waals surface area contributed by atoms with Crippen molar-refractivity contribution in [2.45, 2.75) is 6.10 Å². The second kappa shape index (κ2) is 6.29. The first kappa shape index (κ1) is 15.2. The van der Waals surface area contributed by atoms with E-state index in [1.54, 1.807) is 12.1 Å². The molecular formula is C22H16O3. The molecule has 0 saturated carbocycles. The first-order chi connectivity index (χ1) is 12.2. The maximum atomic E-state index is 13.1. The Kier molecular flexibility index (Phi) is 3.82. The lowest BCUT2D eigenvalue weighted by Crippen LogP contribution is -2.23. The number of hydrogen-bond acceptors (Lipinski definition) is 3. The molecule has 0 radical (unpaired) electrons. The predicted octanol–water partition coefficient (Wildman–Crippen LogP) is 4.79. The molecule has 1 N–H and O–H groups in total. The lowest BCUT2D eigenvalue weighted by Gasteiger charge is -2.28. The van der Waals surface area contributed by atoms with Gasteiger partial charge in [0.15, 0.2) is 6.10 Å². The number of phenolic OH excluding ortho intramolecular Hbond substituents is 1. The highest BCUT2D eigenvalue weighted by Gasteiger charge is 2.34. The Balaban J connectivity index is 1.89. The van der Waals surface area contributed by atoms with E-state index in [9.17, 15) is 9.90 Å². The number of ether oxygens (including phenoxy) is 1. The van der Waals surface area contributed by atoms with Crippen LogP contribution in [0.25, 0.3) is 6.08 Å². The Bertz CT molecular complexity index is 944. The van der Waals surface area contributed by atoms with E-state index in [0.29, 0.717) is 11.3 Å². The number of carbonyl (C=O) groups is 1. The zero-order valence-electron chi connectivity index (χ0n) is 13.4. The quantitative estimate of drug-likeness (QED) is 0.688. The minimum absolute atomic E-state index is 0.0621. The maximum absolute atomic E-state index is 13.1. The van der Waals surface area contributed by atoms with Crippen molar-refractivity contribution in [3.05, 3.63) is 101 Å². The number of hydrogen-bond donors (Lipinski definition) is 1. The standard InChI is InChI=1S/C22H16O3/c23-18-12-7-13-19-20(18)21(24)17(14-15-8-3-1-4-9-15)22(25-19)16-10-5-2-6-11-16/h1-14,22-23H/b17-14-. The van der Waals surface area contributed by atoms with Gasteiger partial charge in [-0.2, -0.15) is 0 Å². The van der Waals surface area contributed by atoms with Crippen molar-refractivity contribution in [1.29, 1.82) is 0 Å². The topological polar surface area (TPSA) is 46.5 Å². The van der Waals surface area contributed by atoms with Gasteiger partial charge in [-0.05, 0) is 29.3 Å². The third-order valence-corrected chi connectivity index (χ3v) is 4.24. The van der Waals surface area contributed by atoms with Crippen LogP contribution in [0.1, 0.15) is 27.6 Å². The van der Waals surface area contributed by atoms with E-state index in [4.69, 9.17) is 4.74 Å². The molecule has 0 spiro atoms. The van der Waals surface area contributed by atoms with E-state index in [0.717, 1.165) is 11.1 Å². The Morgan fingerprint density at radius 1 is 0.840 bits per heavy atom. The lowest BCUT2D eigenvalue weighted by molar-refractivity contribution is 0.0959. The number of carbonyl (C=O) groups excluding carboxylic acids is 1. The van der Waals surface area contributed by atoms with Crippen LogP contribution in [0.15, 0.2) is 84.4 Å². The van der Waals surface area contributed by atoms with Gasteiger partial charge < -0.3 is 9.84 Å². The molecule has 122 valence electrons. The first-order valence-corrected chi connectivity index (χ1v) is 8.09. The number of aromatic hydroxyl groups is 1. The normalized spacial score (nSPS) is 17.8. The number of Topliss-reactive ketones (excluding diaryl/α,β-unsaturated/α-hetero) is 1. The largest absolute Gasteiger partial charge is 0.507 e.